The highest BCUT2D eigenvalue weighted by Gasteiger charge is 2.35. The number of carbonyl (C=O) groups is 1. The van der Waals surface area contributed by atoms with Crippen molar-refractivity contribution >= 4 is 21.6 Å². The normalized spacial score (nSPS) is 17.4. The maximum Gasteiger partial charge on any atom is 0.241 e. The highest BCUT2D eigenvalue weighted by Crippen LogP contribution is 2.41. The van der Waals surface area contributed by atoms with Crippen molar-refractivity contribution in [2.75, 3.05) is 24.2 Å². The Labute approximate surface area is 178 Å². The topological polar surface area (TPSA) is 84.9 Å². The van der Waals surface area contributed by atoms with Crippen LogP contribution in [0.2, 0.25) is 0 Å². The molecule has 1 heterocycles. The molecule has 0 bridgehead atoms. The molecule has 30 heavy (non-hydrogen) atoms. The van der Waals surface area contributed by atoms with E-state index in [0.29, 0.717) is 23.6 Å². The minimum Gasteiger partial charge on any atom is -0.497 e. The standard InChI is InChI=1S/C22H28N2O5S/c1-15-7-6-8-16(11-15)24(30(5,26)27)14-21(25)23-19-13-22(2,3)29-20-12-17(28-4)9-10-18(19)20/h6-12,19H,13-14H2,1-5H3,(H,23,25)/t19-/m1/s1. The number of methoxy groups -OCH3 is 1. The lowest BCUT2D eigenvalue weighted by Crippen LogP contribution is -2.45. The summed E-state index contributed by atoms with van der Waals surface area (Å²) in [5.41, 5.74) is 1.72. The number of ether oxygens (including phenoxy) is 2. The van der Waals surface area contributed by atoms with Crippen molar-refractivity contribution in [3.63, 3.8) is 0 Å². The average Bonchev–Trinajstić information content (AvgIpc) is 2.63. The van der Waals surface area contributed by atoms with Gasteiger partial charge >= 0.3 is 0 Å². The predicted molar refractivity (Wildman–Crippen MR) is 117 cm³/mol. The van der Waals surface area contributed by atoms with E-state index < -0.39 is 15.6 Å². The summed E-state index contributed by atoms with van der Waals surface area (Å²) < 4.78 is 37.2. The van der Waals surface area contributed by atoms with Gasteiger partial charge in [0.05, 0.1) is 25.1 Å². The van der Waals surface area contributed by atoms with Gasteiger partial charge in [0.1, 0.15) is 23.6 Å². The van der Waals surface area contributed by atoms with Crippen molar-refractivity contribution < 1.29 is 22.7 Å². The first-order valence-corrected chi connectivity index (χ1v) is 11.5. The zero-order chi connectivity index (χ0) is 22.1. The first-order chi connectivity index (χ1) is 14.0. The molecule has 162 valence electrons. The highest BCUT2D eigenvalue weighted by molar-refractivity contribution is 7.92. The predicted octanol–water partition coefficient (Wildman–Crippen LogP) is 3.19. The van der Waals surface area contributed by atoms with Crippen molar-refractivity contribution in [1.82, 2.24) is 5.32 Å². The van der Waals surface area contributed by atoms with Crippen molar-refractivity contribution in [2.45, 2.75) is 38.8 Å². The van der Waals surface area contributed by atoms with Gasteiger partial charge in [0, 0.05) is 18.1 Å². The number of nitrogens with zero attached hydrogens (tertiary/aromatic N) is 1. The molecule has 2 aromatic rings. The Morgan fingerprint density at radius 2 is 2.00 bits per heavy atom. The molecule has 1 N–H and O–H groups in total. The Hall–Kier alpha value is -2.74. The molecule has 0 fully saturated rings. The number of amides is 1. The Kier molecular flexibility index (Phi) is 5.99. The van der Waals surface area contributed by atoms with Crippen LogP contribution in [0.1, 0.15) is 37.4 Å². The second kappa shape index (κ2) is 8.18. The largest absolute Gasteiger partial charge is 0.497 e. The molecule has 7 nitrogen and oxygen atoms in total. The fraction of sp³-hybridized carbons (Fsp3) is 0.409. The minimum absolute atomic E-state index is 0.300. The quantitative estimate of drug-likeness (QED) is 0.758. The molecule has 0 radical (unpaired) electrons. The monoisotopic (exact) mass is 432 g/mol. The summed E-state index contributed by atoms with van der Waals surface area (Å²) in [7, 11) is -2.05. The van der Waals surface area contributed by atoms with Gasteiger partial charge in [0.25, 0.3) is 0 Å². The number of rotatable bonds is 6. The molecule has 0 aromatic heterocycles. The van der Waals surface area contributed by atoms with Crippen LogP contribution < -0.4 is 19.1 Å². The summed E-state index contributed by atoms with van der Waals surface area (Å²) >= 11 is 0. The first kappa shape index (κ1) is 22.0. The molecule has 1 amide bonds. The molecule has 2 aromatic carbocycles. The Morgan fingerprint density at radius 1 is 1.27 bits per heavy atom. The van der Waals surface area contributed by atoms with Crippen LogP contribution in [0, 0.1) is 6.92 Å². The molecule has 1 atom stereocenters. The van der Waals surface area contributed by atoms with E-state index in [2.05, 4.69) is 5.32 Å². The Bertz CT molecular complexity index is 1050. The number of aryl methyl sites for hydroxylation is 1. The van der Waals surface area contributed by atoms with Crippen LogP contribution in [0.25, 0.3) is 0 Å². The summed E-state index contributed by atoms with van der Waals surface area (Å²) in [6.45, 7) is 5.47. The average molecular weight is 433 g/mol. The summed E-state index contributed by atoms with van der Waals surface area (Å²) in [6, 6.07) is 12.2. The summed E-state index contributed by atoms with van der Waals surface area (Å²) in [5, 5.41) is 2.99. The SMILES string of the molecule is COc1ccc2c(c1)OC(C)(C)C[C@H]2NC(=O)CN(c1cccc(C)c1)S(C)(=O)=O. The van der Waals surface area contributed by atoms with E-state index in [1.54, 1.807) is 31.4 Å². The summed E-state index contributed by atoms with van der Waals surface area (Å²) in [4.78, 5) is 12.9. The van der Waals surface area contributed by atoms with Gasteiger partial charge in [-0.3, -0.25) is 9.10 Å². The third kappa shape index (κ3) is 5.05. The molecule has 8 heteroatoms. The maximum atomic E-state index is 12.9. The molecule has 0 unspecified atom stereocenters. The maximum absolute atomic E-state index is 12.9. The third-order valence-corrected chi connectivity index (χ3v) is 6.13. The number of hydrogen-bond acceptors (Lipinski definition) is 5. The second-order valence-electron chi connectivity index (χ2n) is 8.20. The van der Waals surface area contributed by atoms with Gasteiger partial charge in [-0.05, 0) is 50.6 Å². The van der Waals surface area contributed by atoms with Crippen LogP contribution in [-0.2, 0) is 14.8 Å². The van der Waals surface area contributed by atoms with Gasteiger partial charge in [0.15, 0.2) is 0 Å². The number of sulfonamides is 1. The van der Waals surface area contributed by atoms with E-state index in [9.17, 15) is 13.2 Å². The zero-order valence-electron chi connectivity index (χ0n) is 17.9. The lowest BCUT2D eigenvalue weighted by atomic mass is 9.89. The van der Waals surface area contributed by atoms with Crippen LogP contribution in [-0.4, -0.2) is 39.8 Å². The van der Waals surface area contributed by atoms with Crippen molar-refractivity contribution in [2.24, 2.45) is 0 Å². The van der Waals surface area contributed by atoms with Crippen LogP contribution in [0.3, 0.4) is 0 Å². The van der Waals surface area contributed by atoms with Crippen molar-refractivity contribution in [3.8, 4) is 11.5 Å². The van der Waals surface area contributed by atoms with Crippen LogP contribution in [0.4, 0.5) is 5.69 Å². The summed E-state index contributed by atoms with van der Waals surface area (Å²) in [6.07, 6.45) is 1.66. The number of benzene rings is 2. The van der Waals surface area contributed by atoms with Gasteiger partial charge in [-0.1, -0.05) is 12.1 Å². The van der Waals surface area contributed by atoms with E-state index in [-0.39, 0.29) is 18.5 Å². The van der Waals surface area contributed by atoms with E-state index >= 15 is 0 Å². The van der Waals surface area contributed by atoms with Gasteiger partial charge in [-0.25, -0.2) is 8.42 Å². The molecule has 0 spiro atoms. The lowest BCUT2D eigenvalue weighted by Gasteiger charge is -2.38. The van der Waals surface area contributed by atoms with E-state index in [1.165, 1.54) is 0 Å². The van der Waals surface area contributed by atoms with E-state index in [1.807, 2.05) is 39.0 Å². The Balaban J connectivity index is 1.84. The highest BCUT2D eigenvalue weighted by atomic mass is 32.2. The third-order valence-electron chi connectivity index (χ3n) is 4.99. The second-order valence-corrected chi connectivity index (χ2v) is 10.1. The zero-order valence-corrected chi connectivity index (χ0v) is 18.7. The molecule has 1 aliphatic rings. The van der Waals surface area contributed by atoms with Crippen LogP contribution in [0.5, 0.6) is 11.5 Å². The van der Waals surface area contributed by atoms with Crippen molar-refractivity contribution in [3.05, 3.63) is 53.6 Å². The van der Waals surface area contributed by atoms with Crippen LogP contribution in [0.15, 0.2) is 42.5 Å². The molecule has 1 aliphatic heterocycles. The lowest BCUT2D eigenvalue weighted by molar-refractivity contribution is -0.120. The number of carbonyl (C=O) groups excluding carboxylic acids is 1. The smallest absolute Gasteiger partial charge is 0.241 e. The number of anilines is 1. The molecule has 0 aliphatic carbocycles. The van der Waals surface area contributed by atoms with E-state index in [0.717, 1.165) is 21.7 Å². The number of hydrogen-bond donors (Lipinski definition) is 1. The molecular formula is C22H28N2O5S. The number of nitrogens with one attached hydrogen (secondary N) is 1. The van der Waals surface area contributed by atoms with Crippen molar-refractivity contribution in [1.29, 1.82) is 0 Å². The van der Waals surface area contributed by atoms with Gasteiger partial charge < -0.3 is 14.8 Å². The molecule has 3 rings (SSSR count). The van der Waals surface area contributed by atoms with E-state index in [4.69, 9.17) is 9.47 Å². The van der Waals surface area contributed by atoms with Gasteiger partial charge in [0.2, 0.25) is 15.9 Å². The van der Waals surface area contributed by atoms with Gasteiger partial charge in [-0.15, -0.1) is 0 Å². The van der Waals surface area contributed by atoms with Gasteiger partial charge in [-0.2, -0.15) is 0 Å². The fourth-order valence-corrected chi connectivity index (χ4v) is 4.49. The first-order valence-electron chi connectivity index (χ1n) is 9.69. The number of fused-ring (bicyclic) bond motifs is 1. The molecule has 0 saturated heterocycles. The fourth-order valence-electron chi connectivity index (χ4n) is 3.64. The minimum atomic E-state index is -3.63. The molecular weight excluding hydrogens is 404 g/mol. The molecule has 0 saturated carbocycles. The summed E-state index contributed by atoms with van der Waals surface area (Å²) in [5.74, 6) is 0.931. The van der Waals surface area contributed by atoms with Crippen LogP contribution >= 0.6 is 0 Å². The Morgan fingerprint density at radius 3 is 2.63 bits per heavy atom.